The molecular weight excluding hydrogens is 273 g/mol. The Morgan fingerprint density at radius 1 is 1.48 bits per heavy atom. The fourth-order valence-electron chi connectivity index (χ4n) is 2.09. The molecule has 0 spiro atoms. The molecule has 0 unspecified atom stereocenters. The molecule has 112 valence electrons. The third kappa shape index (κ3) is 3.21. The van der Waals surface area contributed by atoms with Crippen molar-refractivity contribution in [1.29, 1.82) is 0 Å². The van der Waals surface area contributed by atoms with Crippen LogP contribution in [-0.2, 0) is 6.54 Å². The van der Waals surface area contributed by atoms with Gasteiger partial charge < -0.3 is 9.64 Å². The highest BCUT2D eigenvalue weighted by molar-refractivity contribution is 5.94. The van der Waals surface area contributed by atoms with Gasteiger partial charge in [0.2, 0.25) is 0 Å². The van der Waals surface area contributed by atoms with Gasteiger partial charge in [0.1, 0.15) is 0 Å². The second kappa shape index (κ2) is 6.39. The minimum atomic E-state index is -0.432. The predicted octanol–water partition coefficient (Wildman–Crippen LogP) is 2.53. The zero-order valence-corrected chi connectivity index (χ0v) is 12.3. The maximum absolute atomic E-state index is 13.7. The number of H-pyrrole nitrogens is 1. The number of aryl methyl sites for hydroxylation is 1. The minimum Gasteiger partial charge on any atom is -0.494 e. The van der Waals surface area contributed by atoms with E-state index in [1.54, 1.807) is 24.0 Å². The quantitative estimate of drug-likeness (QED) is 0.921. The Morgan fingerprint density at radius 3 is 2.76 bits per heavy atom. The number of rotatable bonds is 5. The van der Waals surface area contributed by atoms with Crippen LogP contribution in [0.4, 0.5) is 4.39 Å². The maximum Gasteiger partial charge on any atom is 0.257 e. The molecule has 5 nitrogen and oxygen atoms in total. The summed E-state index contributed by atoms with van der Waals surface area (Å²) < 4.78 is 18.6. The molecule has 1 heterocycles. The highest BCUT2D eigenvalue weighted by atomic mass is 19.1. The number of ether oxygens (including phenoxy) is 1. The number of nitrogens with zero attached hydrogens (tertiary/aromatic N) is 2. The summed E-state index contributed by atoms with van der Waals surface area (Å²) in [5.41, 5.74) is 1.97. The van der Waals surface area contributed by atoms with Crippen molar-refractivity contribution >= 4 is 5.91 Å². The summed E-state index contributed by atoms with van der Waals surface area (Å²) in [6.45, 7) is 4.53. The summed E-state index contributed by atoms with van der Waals surface area (Å²) in [4.78, 5) is 14.1. The summed E-state index contributed by atoms with van der Waals surface area (Å²) in [7, 11) is 1.42. The molecule has 0 aliphatic carbocycles. The van der Waals surface area contributed by atoms with E-state index in [9.17, 15) is 9.18 Å². The topological polar surface area (TPSA) is 58.2 Å². The monoisotopic (exact) mass is 291 g/mol. The highest BCUT2D eigenvalue weighted by Crippen LogP contribution is 2.19. The van der Waals surface area contributed by atoms with E-state index in [-0.39, 0.29) is 11.7 Å². The first-order valence-corrected chi connectivity index (χ1v) is 6.68. The minimum absolute atomic E-state index is 0.125. The van der Waals surface area contributed by atoms with Gasteiger partial charge in [0.25, 0.3) is 5.91 Å². The molecule has 2 aromatic rings. The predicted molar refractivity (Wildman–Crippen MR) is 76.7 cm³/mol. The normalized spacial score (nSPS) is 10.5. The summed E-state index contributed by atoms with van der Waals surface area (Å²) in [6, 6.07) is 4.70. The van der Waals surface area contributed by atoms with Gasteiger partial charge in [-0.25, -0.2) is 4.39 Å². The van der Waals surface area contributed by atoms with Gasteiger partial charge in [0.15, 0.2) is 11.6 Å². The van der Waals surface area contributed by atoms with Crippen LogP contribution < -0.4 is 4.74 Å². The van der Waals surface area contributed by atoms with E-state index in [4.69, 9.17) is 4.74 Å². The lowest BCUT2D eigenvalue weighted by atomic mass is 10.1. The van der Waals surface area contributed by atoms with Gasteiger partial charge in [-0.3, -0.25) is 9.89 Å². The fourth-order valence-corrected chi connectivity index (χ4v) is 2.09. The Bertz CT molecular complexity index is 640. The average Bonchev–Trinajstić information content (AvgIpc) is 2.90. The molecule has 1 N–H and O–H groups in total. The lowest BCUT2D eigenvalue weighted by Gasteiger charge is -2.21. The smallest absolute Gasteiger partial charge is 0.257 e. The van der Waals surface area contributed by atoms with Crippen molar-refractivity contribution in [3.63, 3.8) is 0 Å². The van der Waals surface area contributed by atoms with Gasteiger partial charge in [-0.15, -0.1) is 0 Å². The van der Waals surface area contributed by atoms with Crippen LogP contribution in [0.3, 0.4) is 0 Å². The van der Waals surface area contributed by atoms with Crippen molar-refractivity contribution in [2.24, 2.45) is 0 Å². The van der Waals surface area contributed by atoms with Crippen LogP contribution in [0.25, 0.3) is 0 Å². The molecule has 0 saturated carbocycles. The van der Waals surface area contributed by atoms with Crippen molar-refractivity contribution in [1.82, 2.24) is 15.1 Å². The summed E-state index contributed by atoms with van der Waals surface area (Å²) in [6.07, 6.45) is 1.51. The number of hydrogen-bond acceptors (Lipinski definition) is 3. The Labute approximate surface area is 122 Å². The molecule has 21 heavy (non-hydrogen) atoms. The highest BCUT2D eigenvalue weighted by Gasteiger charge is 2.18. The van der Waals surface area contributed by atoms with Crippen molar-refractivity contribution < 1.29 is 13.9 Å². The van der Waals surface area contributed by atoms with Crippen LogP contribution in [0.1, 0.15) is 28.5 Å². The van der Waals surface area contributed by atoms with Gasteiger partial charge in [-0.2, -0.15) is 5.10 Å². The molecule has 1 amide bonds. The van der Waals surface area contributed by atoms with Gasteiger partial charge in [0, 0.05) is 18.8 Å². The number of halogens is 1. The number of carbonyl (C=O) groups is 1. The van der Waals surface area contributed by atoms with E-state index in [1.807, 2.05) is 6.92 Å². The largest absolute Gasteiger partial charge is 0.494 e. The van der Waals surface area contributed by atoms with E-state index < -0.39 is 5.82 Å². The summed E-state index contributed by atoms with van der Waals surface area (Å²) in [5.74, 6) is -0.364. The number of hydrogen-bond donors (Lipinski definition) is 1. The molecule has 0 radical (unpaired) electrons. The summed E-state index contributed by atoms with van der Waals surface area (Å²) in [5, 5.41) is 6.60. The third-order valence-corrected chi connectivity index (χ3v) is 3.32. The van der Waals surface area contributed by atoms with Gasteiger partial charge in [-0.05, 0) is 31.5 Å². The second-order valence-corrected chi connectivity index (χ2v) is 4.70. The maximum atomic E-state index is 13.7. The molecule has 1 aromatic carbocycles. The van der Waals surface area contributed by atoms with Crippen molar-refractivity contribution in [2.75, 3.05) is 13.7 Å². The van der Waals surface area contributed by atoms with E-state index in [2.05, 4.69) is 10.2 Å². The van der Waals surface area contributed by atoms with Gasteiger partial charge in [0.05, 0.1) is 18.9 Å². The molecule has 0 atom stereocenters. The van der Waals surface area contributed by atoms with Gasteiger partial charge in [-0.1, -0.05) is 6.07 Å². The fraction of sp³-hybridized carbons (Fsp3) is 0.333. The summed E-state index contributed by atoms with van der Waals surface area (Å²) >= 11 is 0. The molecule has 1 aromatic heterocycles. The molecular formula is C15H18FN3O2. The number of amides is 1. The lowest BCUT2D eigenvalue weighted by molar-refractivity contribution is 0.0751. The zero-order chi connectivity index (χ0) is 15.4. The lowest BCUT2D eigenvalue weighted by Crippen LogP contribution is -2.30. The molecule has 0 bridgehead atoms. The number of benzene rings is 1. The number of carbonyl (C=O) groups excluding carboxylic acids is 1. The Hall–Kier alpha value is -2.37. The standard InChI is InChI=1S/C15H18FN3O2/c1-4-19(15(20)12-8-17-18-10(12)2)9-11-5-6-14(21-3)13(16)7-11/h5-8H,4,9H2,1-3H3,(H,17,18). The van der Waals surface area contributed by atoms with Crippen molar-refractivity contribution in [3.05, 3.63) is 47.0 Å². The van der Waals surface area contributed by atoms with Crippen molar-refractivity contribution in [2.45, 2.75) is 20.4 Å². The van der Waals surface area contributed by atoms with E-state index in [0.29, 0.717) is 24.2 Å². The Balaban J connectivity index is 2.18. The second-order valence-electron chi connectivity index (χ2n) is 4.70. The number of nitrogens with one attached hydrogen (secondary N) is 1. The van der Waals surface area contributed by atoms with Crippen LogP contribution in [-0.4, -0.2) is 34.7 Å². The number of aromatic amines is 1. The molecule has 2 rings (SSSR count). The Morgan fingerprint density at radius 2 is 2.24 bits per heavy atom. The van der Waals surface area contributed by atoms with E-state index in [0.717, 1.165) is 5.69 Å². The first-order valence-electron chi connectivity index (χ1n) is 6.68. The first-order chi connectivity index (χ1) is 10.1. The third-order valence-electron chi connectivity index (χ3n) is 3.32. The van der Waals surface area contributed by atoms with Crippen LogP contribution >= 0.6 is 0 Å². The zero-order valence-electron chi connectivity index (χ0n) is 12.3. The van der Waals surface area contributed by atoms with Crippen LogP contribution in [0.5, 0.6) is 5.75 Å². The van der Waals surface area contributed by atoms with Crippen molar-refractivity contribution in [3.8, 4) is 5.75 Å². The average molecular weight is 291 g/mol. The number of aromatic nitrogens is 2. The van der Waals surface area contributed by atoms with Crippen LogP contribution in [0.2, 0.25) is 0 Å². The van der Waals surface area contributed by atoms with Gasteiger partial charge >= 0.3 is 0 Å². The number of methoxy groups -OCH3 is 1. The molecule has 0 aliphatic rings. The van der Waals surface area contributed by atoms with Crippen LogP contribution in [0.15, 0.2) is 24.4 Å². The molecule has 0 aliphatic heterocycles. The van der Waals surface area contributed by atoms with E-state index >= 15 is 0 Å². The van der Waals surface area contributed by atoms with E-state index in [1.165, 1.54) is 19.4 Å². The first kappa shape index (κ1) is 15.0. The SMILES string of the molecule is CCN(Cc1ccc(OC)c(F)c1)C(=O)c1cn[nH]c1C. The molecule has 0 saturated heterocycles. The van der Waals surface area contributed by atoms with Crippen LogP contribution in [0, 0.1) is 12.7 Å². The molecule has 6 heteroatoms. The molecule has 0 fully saturated rings. The Kier molecular flexibility index (Phi) is 4.57.